The zero-order valence-electron chi connectivity index (χ0n) is 14.4. The molecule has 0 atom stereocenters. The monoisotopic (exact) mass is 408 g/mol. The molecule has 27 heavy (non-hydrogen) atoms. The van der Waals surface area contributed by atoms with Crippen molar-refractivity contribution in [3.63, 3.8) is 0 Å². The number of hydrogen-bond acceptors (Lipinski definition) is 6. The number of carbonyl (C=O) groups is 1. The molecule has 0 spiro atoms. The molecule has 10 heteroatoms. The molecule has 0 saturated carbocycles. The van der Waals surface area contributed by atoms with E-state index in [0.717, 1.165) is 12.5 Å². The molecule has 2 aromatic carbocycles. The Morgan fingerprint density at radius 3 is 2.04 bits per heavy atom. The molecule has 142 valence electrons. The smallest absolute Gasteiger partial charge is 0.357 e. The molecule has 0 aliphatic carbocycles. The van der Waals surface area contributed by atoms with Gasteiger partial charge in [0.05, 0.1) is 21.9 Å². The van der Waals surface area contributed by atoms with E-state index in [2.05, 4.69) is 5.10 Å². The number of aromatic nitrogens is 2. The topological polar surface area (TPSA) is 123 Å². The lowest BCUT2D eigenvalue weighted by molar-refractivity contribution is 0.0691. The third-order valence-corrected chi connectivity index (χ3v) is 6.28. The van der Waals surface area contributed by atoms with Crippen LogP contribution in [0.15, 0.2) is 52.3 Å². The van der Waals surface area contributed by atoms with Crippen LogP contribution in [0.2, 0.25) is 0 Å². The van der Waals surface area contributed by atoms with Gasteiger partial charge in [0, 0.05) is 17.9 Å². The third-order valence-electron chi connectivity index (χ3n) is 4.04. The van der Waals surface area contributed by atoms with Crippen molar-refractivity contribution in [3.05, 3.63) is 53.7 Å². The van der Waals surface area contributed by atoms with E-state index in [1.807, 2.05) is 0 Å². The van der Waals surface area contributed by atoms with Gasteiger partial charge >= 0.3 is 5.97 Å². The van der Waals surface area contributed by atoms with Crippen molar-refractivity contribution >= 4 is 36.5 Å². The summed E-state index contributed by atoms with van der Waals surface area (Å²) in [5.41, 5.74) is 0.869. The quantitative estimate of drug-likeness (QED) is 0.680. The molecule has 1 N–H and O–H groups in total. The van der Waals surface area contributed by atoms with Crippen LogP contribution >= 0.6 is 0 Å². The van der Waals surface area contributed by atoms with E-state index in [4.69, 9.17) is 0 Å². The molecule has 0 aliphatic rings. The molecule has 3 aromatic rings. The van der Waals surface area contributed by atoms with E-state index >= 15 is 0 Å². The molecule has 0 amide bonds. The van der Waals surface area contributed by atoms with Crippen LogP contribution in [0.5, 0.6) is 0 Å². The fraction of sp³-hybridized carbons (Fsp3) is 0.176. The summed E-state index contributed by atoms with van der Waals surface area (Å²) in [4.78, 5) is 11.7. The highest BCUT2D eigenvalue weighted by molar-refractivity contribution is 7.91. The van der Waals surface area contributed by atoms with Crippen LogP contribution in [0, 0.1) is 0 Å². The van der Waals surface area contributed by atoms with Crippen molar-refractivity contribution in [1.82, 2.24) is 9.78 Å². The van der Waals surface area contributed by atoms with Gasteiger partial charge in [0.2, 0.25) is 0 Å². The molecule has 0 bridgehead atoms. The summed E-state index contributed by atoms with van der Waals surface area (Å²) in [7, 11) is -6.80. The number of carboxylic acids is 1. The Morgan fingerprint density at radius 1 is 0.963 bits per heavy atom. The van der Waals surface area contributed by atoms with Crippen molar-refractivity contribution in [2.75, 3.05) is 12.5 Å². The molecule has 1 aromatic heterocycles. The second-order valence-corrected chi connectivity index (χ2v) is 10.2. The molecular weight excluding hydrogens is 392 g/mol. The van der Waals surface area contributed by atoms with E-state index in [9.17, 15) is 26.7 Å². The Labute approximate surface area is 155 Å². The molecule has 0 radical (unpaired) electrons. The van der Waals surface area contributed by atoms with Crippen LogP contribution < -0.4 is 0 Å². The Bertz CT molecular complexity index is 1260. The van der Waals surface area contributed by atoms with Crippen molar-refractivity contribution in [2.24, 2.45) is 0 Å². The highest BCUT2D eigenvalue weighted by Gasteiger charge is 2.19. The number of aromatic carboxylic acids is 1. The lowest BCUT2D eigenvalue weighted by Crippen LogP contribution is -2.05. The van der Waals surface area contributed by atoms with E-state index < -0.39 is 25.6 Å². The first-order valence-electron chi connectivity index (χ1n) is 7.70. The first-order chi connectivity index (χ1) is 12.5. The Kier molecular flexibility index (Phi) is 4.56. The van der Waals surface area contributed by atoms with Crippen LogP contribution in [0.3, 0.4) is 0 Å². The van der Waals surface area contributed by atoms with Gasteiger partial charge in [-0.2, -0.15) is 5.10 Å². The number of hydrogen-bond donors (Lipinski definition) is 1. The summed E-state index contributed by atoms with van der Waals surface area (Å²) in [6, 6.07) is 10.3. The summed E-state index contributed by atoms with van der Waals surface area (Å²) >= 11 is 0. The fourth-order valence-corrected chi connectivity index (χ4v) is 3.95. The zero-order valence-corrected chi connectivity index (χ0v) is 16.1. The molecule has 0 aliphatic heterocycles. The van der Waals surface area contributed by atoms with Gasteiger partial charge < -0.3 is 5.11 Å². The van der Waals surface area contributed by atoms with Gasteiger partial charge in [-0.1, -0.05) is 12.1 Å². The minimum absolute atomic E-state index is 0.0560. The number of fused-ring (bicyclic) bond motifs is 1. The highest BCUT2D eigenvalue weighted by Crippen LogP contribution is 2.24. The van der Waals surface area contributed by atoms with E-state index in [1.165, 1.54) is 35.0 Å². The SMILES string of the molecule is CS(=O)(=O)c1ccc(Cn2nc(C(=O)O)c3ccc(S(C)(=O)=O)cc32)cc1. The van der Waals surface area contributed by atoms with E-state index in [0.29, 0.717) is 16.5 Å². The highest BCUT2D eigenvalue weighted by atomic mass is 32.2. The van der Waals surface area contributed by atoms with Crippen LogP contribution in [0.4, 0.5) is 0 Å². The third kappa shape index (κ3) is 3.86. The van der Waals surface area contributed by atoms with E-state index in [-0.39, 0.29) is 22.0 Å². The molecule has 8 nitrogen and oxygen atoms in total. The molecule has 0 fully saturated rings. The van der Waals surface area contributed by atoms with Crippen LogP contribution in [0.1, 0.15) is 16.1 Å². The zero-order chi connectivity index (χ0) is 20.0. The minimum Gasteiger partial charge on any atom is -0.476 e. The predicted octanol–water partition coefficient (Wildman–Crippen LogP) is 1.59. The molecule has 3 rings (SSSR count). The van der Waals surface area contributed by atoms with Gasteiger partial charge in [-0.25, -0.2) is 21.6 Å². The summed E-state index contributed by atoms with van der Waals surface area (Å²) in [5, 5.41) is 13.8. The predicted molar refractivity (Wildman–Crippen MR) is 98.5 cm³/mol. The lowest BCUT2D eigenvalue weighted by Gasteiger charge is -2.06. The lowest BCUT2D eigenvalue weighted by atomic mass is 10.2. The first kappa shape index (κ1) is 19.1. The van der Waals surface area contributed by atoms with Crippen LogP contribution in [0.25, 0.3) is 10.9 Å². The average Bonchev–Trinajstić information content (AvgIpc) is 2.92. The molecule has 0 unspecified atom stereocenters. The second kappa shape index (κ2) is 6.46. The Hall–Kier alpha value is -2.72. The van der Waals surface area contributed by atoms with Crippen LogP contribution in [-0.2, 0) is 26.2 Å². The number of sulfone groups is 2. The summed E-state index contributed by atoms with van der Waals surface area (Å²) in [5.74, 6) is -1.22. The minimum atomic E-state index is -3.47. The second-order valence-electron chi connectivity index (χ2n) is 6.18. The summed E-state index contributed by atoms with van der Waals surface area (Å²) in [6.45, 7) is 0.154. The van der Waals surface area contributed by atoms with Gasteiger partial charge in [0.25, 0.3) is 0 Å². The van der Waals surface area contributed by atoms with Crippen molar-refractivity contribution in [1.29, 1.82) is 0 Å². The number of benzene rings is 2. The normalized spacial score (nSPS) is 12.4. The Morgan fingerprint density at radius 2 is 1.52 bits per heavy atom. The molecule has 0 saturated heterocycles. The van der Waals surface area contributed by atoms with E-state index in [1.54, 1.807) is 12.1 Å². The first-order valence-corrected chi connectivity index (χ1v) is 11.5. The average molecular weight is 408 g/mol. The maximum Gasteiger partial charge on any atom is 0.357 e. The van der Waals surface area contributed by atoms with Crippen molar-refractivity contribution < 1.29 is 26.7 Å². The van der Waals surface area contributed by atoms with Crippen molar-refractivity contribution in [2.45, 2.75) is 16.3 Å². The van der Waals surface area contributed by atoms with Gasteiger partial charge in [-0.05, 0) is 35.9 Å². The standard InChI is InChI=1S/C17H16N2O6S2/c1-26(22,23)12-5-3-11(4-6-12)10-19-15-9-13(27(2,24)25)7-8-14(15)16(18-19)17(20)21/h3-9H,10H2,1-2H3,(H,20,21). The number of nitrogens with zero attached hydrogens (tertiary/aromatic N) is 2. The van der Waals surface area contributed by atoms with Crippen molar-refractivity contribution in [3.8, 4) is 0 Å². The van der Waals surface area contributed by atoms with Gasteiger partial charge in [0.15, 0.2) is 25.4 Å². The fourth-order valence-electron chi connectivity index (χ4n) is 2.68. The molecule has 1 heterocycles. The number of rotatable bonds is 5. The van der Waals surface area contributed by atoms with Gasteiger partial charge in [0.1, 0.15) is 0 Å². The summed E-state index contributed by atoms with van der Waals surface area (Å²) < 4.78 is 48.1. The summed E-state index contributed by atoms with van der Waals surface area (Å²) in [6.07, 6.45) is 2.17. The molecular formula is C17H16N2O6S2. The van der Waals surface area contributed by atoms with Crippen LogP contribution in [-0.4, -0.2) is 50.2 Å². The maximum absolute atomic E-state index is 11.8. The van der Waals surface area contributed by atoms with Gasteiger partial charge in [-0.15, -0.1) is 0 Å². The maximum atomic E-state index is 11.8. The number of carboxylic acid groups (broad SMARTS) is 1. The van der Waals surface area contributed by atoms with Gasteiger partial charge in [-0.3, -0.25) is 4.68 Å². The Balaban J connectivity index is 2.11. The largest absolute Gasteiger partial charge is 0.476 e.